The van der Waals surface area contributed by atoms with E-state index >= 15 is 0 Å². The van der Waals surface area contributed by atoms with E-state index in [2.05, 4.69) is 140 Å². The van der Waals surface area contributed by atoms with E-state index < -0.39 is 0 Å². The van der Waals surface area contributed by atoms with Crippen LogP contribution in [0.2, 0.25) is 0 Å². The molecule has 0 bridgehead atoms. The van der Waals surface area contributed by atoms with Crippen molar-refractivity contribution in [3.63, 3.8) is 0 Å². The molecule has 6 aromatic heterocycles. The number of nitrogens with zero attached hydrogens (tertiary/aromatic N) is 8. The van der Waals surface area contributed by atoms with Gasteiger partial charge in [0, 0.05) is 23.9 Å². The molecule has 0 unspecified atom stereocenters. The maximum Gasteiger partial charge on any atom is 2.00 e. The van der Waals surface area contributed by atoms with Gasteiger partial charge in [-0.15, -0.1) is 36.4 Å². The molecule has 10 heteroatoms. The summed E-state index contributed by atoms with van der Waals surface area (Å²) in [6.07, 6.45) is 3.66. The largest absolute Gasteiger partial charge is 2.00 e. The smallest absolute Gasteiger partial charge is 0.509 e. The molecule has 0 radical (unpaired) electrons. The van der Waals surface area contributed by atoms with Gasteiger partial charge in [-0.05, 0) is 85.8 Å². The molecule has 10 rings (SSSR count). The Bertz CT molecular complexity index is 3190. The van der Waals surface area contributed by atoms with Crippen molar-refractivity contribution in [2.24, 2.45) is 0 Å². The van der Waals surface area contributed by atoms with E-state index in [0.29, 0.717) is 17.4 Å². The molecule has 0 fully saturated rings. The maximum atomic E-state index is 6.57. The fraction of sp³-hybridized carbons (Fsp3) is 0.234. The van der Waals surface area contributed by atoms with Crippen LogP contribution >= 0.6 is 0 Å². The molecule has 10 aromatic rings. The van der Waals surface area contributed by atoms with Gasteiger partial charge in [0.15, 0.2) is 11.3 Å². The van der Waals surface area contributed by atoms with Crippen molar-refractivity contribution < 1.29 is 25.8 Å². The predicted octanol–water partition coefficient (Wildman–Crippen LogP) is 11.1. The van der Waals surface area contributed by atoms with Gasteiger partial charge in [0.25, 0.3) is 0 Å². The number of hydrogen-bond acceptors (Lipinski definition) is 5. The van der Waals surface area contributed by atoms with Gasteiger partial charge in [0.1, 0.15) is 0 Å². The normalized spacial score (nSPS) is 12.6. The number of rotatable bonds is 5. The quantitative estimate of drug-likeness (QED) is 0.161. The fourth-order valence-electron chi connectivity index (χ4n) is 8.22. The first-order valence-electron chi connectivity index (χ1n) is 19.2. The summed E-state index contributed by atoms with van der Waals surface area (Å²) in [5.41, 5.74) is 12.5. The van der Waals surface area contributed by atoms with Gasteiger partial charge in [-0.2, -0.15) is 0 Å². The van der Waals surface area contributed by atoms with Gasteiger partial charge in [0.2, 0.25) is 11.6 Å². The molecule has 0 N–H and O–H groups in total. The molecule has 4 aromatic carbocycles. The second kappa shape index (κ2) is 13.1. The minimum Gasteiger partial charge on any atom is -0.509 e. The average Bonchev–Trinajstić information content (AvgIpc) is 3.90. The number of imidazole rings is 4. The second-order valence-electron chi connectivity index (χ2n) is 17.0. The fourth-order valence-corrected chi connectivity index (χ4v) is 8.22. The third-order valence-corrected chi connectivity index (χ3v) is 10.8. The Morgan fingerprint density at radius 1 is 0.579 bits per heavy atom. The summed E-state index contributed by atoms with van der Waals surface area (Å²) in [4.78, 5) is 20.1. The number of fused-ring (bicyclic) bond motifs is 10. The Kier molecular flexibility index (Phi) is 8.49. The molecular formula is C47H42N8OPt. The number of ether oxygens (including phenoxy) is 1. The van der Waals surface area contributed by atoms with Crippen LogP contribution in [-0.4, -0.2) is 37.9 Å². The number of benzene rings is 4. The summed E-state index contributed by atoms with van der Waals surface area (Å²) in [6.45, 7) is 18.0. The van der Waals surface area contributed by atoms with Gasteiger partial charge < -0.3 is 4.74 Å². The van der Waals surface area contributed by atoms with E-state index in [4.69, 9.17) is 24.7 Å². The van der Waals surface area contributed by atoms with Gasteiger partial charge in [-0.25, -0.2) is 9.97 Å². The SMILES string of the molecule is CC(C)c1cccc(C(C)(C)C)c1-n1c2cccnc2n2c3[c-]c(Oc4[c-]c5c(cc4)nc4n(-c6ccccc6C(C)(C)C)c6cccnc6n54)ccc3nc12.[Pt+2]. The molecule has 286 valence electrons. The van der Waals surface area contributed by atoms with Crippen LogP contribution in [0.4, 0.5) is 0 Å². The van der Waals surface area contributed by atoms with Crippen molar-refractivity contribution >= 4 is 55.9 Å². The van der Waals surface area contributed by atoms with Crippen molar-refractivity contribution in [2.75, 3.05) is 0 Å². The van der Waals surface area contributed by atoms with Crippen LogP contribution in [0.5, 0.6) is 11.5 Å². The van der Waals surface area contributed by atoms with E-state index in [0.717, 1.165) is 67.3 Å². The Hall–Kier alpha value is -5.79. The number of aromatic nitrogens is 8. The molecule has 0 aliphatic rings. The average molecular weight is 930 g/mol. The van der Waals surface area contributed by atoms with Gasteiger partial charge >= 0.3 is 21.1 Å². The number of para-hydroxylation sites is 2. The third kappa shape index (κ3) is 5.69. The molecule has 57 heavy (non-hydrogen) atoms. The molecule has 6 heterocycles. The molecule has 0 amide bonds. The third-order valence-electron chi connectivity index (χ3n) is 10.8. The Morgan fingerprint density at radius 3 is 1.67 bits per heavy atom. The van der Waals surface area contributed by atoms with Crippen LogP contribution < -0.4 is 4.74 Å². The first kappa shape index (κ1) is 36.8. The summed E-state index contributed by atoms with van der Waals surface area (Å²) < 4.78 is 15.2. The van der Waals surface area contributed by atoms with Crippen LogP contribution in [0, 0.1) is 12.1 Å². The summed E-state index contributed by atoms with van der Waals surface area (Å²) in [7, 11) is 0. The maximum absolute atomic E-state index is 6.57. The minimum atomic E-state index is -0.101. The predicted molar refractivity (Wildman–Crippen MR) is 224 cm³/mol. The van der Waals surface area contributed by atoms with E-state index in [1.54, 1.807) is 0 Å². The van der Waals surface area contributed by atoms with Crippen LogP contribution in [0.15, 0.2) is 103 Å². The van der Waals surface area contributed by atoms with E-state index in [1.807, 2.05) is 48.8 Å². The minimum absolute atomic E-state index is 0. The summed E-state index contributed by atoms with van der Waals surface area (Å²) in [5, 5.41) is 0. The van der Waals surface area contributed by atoms with Gasteiger partial charge in [-0.1, -0.05) is 91.8 Å². The van der Waals surface area contributed by atoms with Crippen molar-refractivity contribution in [2.45, 2.75) is 72.1 Å². The molecule has 0 saturated carbocycles. The Labute approximate surface area is 345 Å². The number of pyridine rings is 2. The second-order valence-corrected chi connectivity index (χ2v) is 17.0. The van der Waals surface area contributed by atoms with Crippen LogP contribution in [0.25, 0.3) is 67.3 Å². The van der Waals surface area contributed by atoms with Crippen molar-refractivity contribution in [1.29, 1.82) is 0 Å². The Balaban J connectivity index is 0.00000422. The zero-order valence-corrected chi connectivity index (χ0v) is 35.5. The molecule has 0 saturated heterocycles. The summed E-state index contributed by atoms with van der Waals surface area (Å²) in [5.74, 6) is 2.95. The van der Waals surface area contributed by atoms with Crippen molar-refractivity contribution in [1.82, 2.24) is 37.9 Å². The summed E-state index contributed by atoms with van der Waals surface area (Å²) in [6, 6.07) is 38.2. The zero-order valence-electron chi connectivity index (χ0n) is 33.2. The molecular weight excluding hydrogens is 888 g/mol. The molecule has 9 nitrogen and oxygen atoms in total. The van der Waals surface area contributed by atoms with E-state index in [1.165, 1.54) is 16.7 Å². The molecule has 0 aliphatic carbocycles. The standard InChI is InChI=1S/C47H42N8O.Pt/c1-28(2)31-14-11-16-33(47(6,7)8)41(31)53-38-19-13-25-49-43(38)55-40-27-30(21-23-35(40)51-45(53)55)56-29-20-22-34-39(26-29)54-42-37(18-12-24-48-42)52(44(54)50-34)36-17-10-9-15-32(36)46(3,4)5;/h9-25,28H,1-8H3;/q-2;+2. The van der Waals surface area contributed by atoms with Crippen LogP contribution in [0.1, 0.15) is 78.0 Å². The van der Waals surface area contributed by atoms with Crippen molar-refractivity contribution in [3.05, 3.63) is 132 Å². The van der Waals surface area contributed by atoms with Gasteiger partial charge in [-0.3, -0.25) is 27.9 Å². The van der Waals surface area contributed by atoms with Gasteiger partial charge in [0.05, 0.1) is 22.4 Å². The first-order valence-corrected chi connectivity index (χ1v) is 19.2. The molecule has 0 aliphatic heterocycles. The van der Waals surface area contributed by atoms with Crippen LogP contribution in [-0.2, 0) is 31.9 Å². The monoisotopic (exact) mass is 929 g/mol. The van der Waals surface area contributed by atoms with E-state index in [-0.39, 0.29) is 31.9 Å². The number of hydrogen-bond donors (Lipinski definition) is 0. The summed E-state index contributed by atoms with van der Waals surface area (Å²) >= 11 is 0. The zero-order chi connectivity index (χ0) is 38.7. The first-order chi connectivity index (χ1) is 26.9. The molecule has 0 spiro atoms. The Morgan fingerprint density at radius 2 is 1.11 bits per heavy atom. The van der Waals surface area contributed by atoms with E-state index in [9.17, 15) is 0 Å². The molecule has 0 atom stereocenters. The van der Waals surface area contributed by atoms with Crippen molar-refractivity contribution in [3.8, 4) is 22.9 Å². The van der Waals surface area contributed by atoms with Crippen LogP contribution in [0.3, 0.4) is 0 Å². The topological polar surface area (TPSA) is 79.5 Å².